The van der Waals surface area contributed by atoms with Crippen LogP contribution in [0.15, 0.2) is 29.2 Å². The van der Waals surface area contributed by atoms with Crippen LogP contribution in [-0.2, 0) is 16.4 Å². The first-order chi connectivity index (χ1) is 10.4. The zero-order valence-electron chi connectivity index (χ0n) is 13.2. The van der Waals surface area contributed by atoms with Gasteiger partial charge in [-0.05, 0) is 49.9 Å². The fourth-order valence-electron chi connectivity index (χ4n) is 4.09. The number of benzene rings is 1. The van der Waals surface area contributed by atoms with Gasteiger partial charge in [0.2, 0.25) is 0 Å². The Kier molecular flexibility index (Phi) is 4.32. The highest BCUT2D eigenvalue weighted by Gasteiger charge is 2.44. The molecule has 1 aliphatic carbocycles. The maximum Gasteiger partial charge on any atom is 0.175 e. The van der Waals surface area contributed by atoms with Crippen molar-refractivity contribution in [3.05, 3.63) is 29.8 Å². The minimum absolute atomic E-state index is 0.102. The van der Waals surface area contributed by atoms with Crippen LogP contribution < -0.4 is 0 Å². The molecule has 1 saturated heterocycles. The first-order valence-electron chi connectivity index (χ1n) is 8.09. The molecule has 1 saturated carbocycles. The summed E-state index contributed by atoms with van der Waals surface area (Å²) < 4.78 is 23.0. The lowest BCUT2D eigenvalue weighted by Gasteiger charge is -2.42. The van der Waals surface area contributed by atoms with Gasteiger partial charge in [-0.15, -0.1) is 0 Å². The summed E-state index contributed by atoms with van der Waals surface area (Å²) in [6.45, 7) is 2.85. The minimum Gasteiger partial charge on any atom is -0.393 e. The molecular formula is C17H25NO3S. The fourth-order valence-corrected chi connectivity index (χ4v) is 4.72. The third kappa shape index (κ3) is 3.21. The highest BCUT2D eigenvalue weighted by molar-refractivity contribution is 7.90. The largest absolute Gasteiger partial charge is 0.393 e. The van der Waals surface area contributed by atoms with Crippen LogP contribution >= 0.6 is 0 Å². The Hall–Kier alpha value is -0.910. The summed E-state index contributed by atoms with van der Waals surface area (Å²) in [6, 6.07) is 7.19. The topological polar surface area (TPSA) is 57.6 Å². The standard InChI is InChI=1S/C17H25NO3S/c1-22(20,21)15-7-5-14(6-8-15)12-18-11-3-10-17(13-18)9-2-4-16(17)19/h5-8,16,19H,2-4,9-13H2,1H3/t16-,17+/m1/s1. The number of sulfone groups is 1. The van der Waals surface area contributed by atoms with E-state index in [0.29, 0.717) is 4.90 Å². The summed E-state index contributed by atoms with van der Waals surface area (Å²) in [5, 5.41) is 10.3. The molecule has 5 heteroatoms. The molecule has 2 aliphatic rings. The molecule has 0 radical (unpaired) electrons. The van der Waals surface area contributed by atoms with Gasteiger partial charge in [0.15, 0.2) is 9.84 Å². The summed E-state index contributed by atoms with van der Waals surface area (Å²) in [4.78, 5) is 2.78. The molecule has 122 valence electrons. The van der Waals surface area contributed by atoms with Crippen LogP contribution in [0.1, 0.15) is 37.7 Å². The molecule has 1 heterocycles. The third-order valence-corrected chi connectivity index (χ3v) is 6.43. The van der Waals surface area contributed by atoms with Crippen molar-refractivity contribution >= 4 is 9.84 Å². The number of piperidine rings is 1. The van der Waals surface area contributed by atoms with Crippen LogP contribution in [0.25, 0.3) is 0 Å². The van der Waals surface area contributed by atoms with Crippen LogP contribution in [0.2, 0.25) is 0 Å². The fraction of sp³-hybridized carbons (Fsp3) is 0.647. The number of nitrogens with zero attached hydrogens (tertiary/aromatic N) is 1. The Bertz CT molecular complexity index is 626. The highest BCUT2D eigenvalue weighted by Crippen LogP contribution is 2.45. The van der Waals surface area contributed by atoms with Crippen molar-refractivity contribution < 1.29 is 13.5 Å². The smallest absolute Gasteiger partial charge is 0.175 e. The van der Waals surface area contributed by atoms with Crippen molar-refractivity contribution in [2.24, 2.45) is 5.41 Å². The molecule has 4 nitrogen and oxygen atoms in total. The normalized spacial score (nSPS) is 30.0. The zero-order valence-corrected chi connectivity index (χ0v) is 14.0. The number of aliphatic hydroxyl groups is 1. The van der Waals surface area contributed by atoms with Crippen LogP contribution in [-0.4, -0.2) is 43.9 Å². The molecule has 2 atom stereocenters. The number of hydrogen-bond donors (Lipinski definition) is 1. The summed E-state index contributed by atoms with van der Waals surface area (Å²) in [7, 11) is -3.12. The van der Waals surface area contributed by atoms with Crippen LogP contribution in [0.4, 0.5) is 0 Å². The monoisotopic (exact) mass is 323 g/mol. The molecule has 3 rings (SSSR count). The Morgan fingerprint density at radius 3 is 2.50 bits per heavy atom. The van der Waals surface area contributed by atoms with Gasteiger partial charge in [0.1, 0.15) is 0 Å². The van der Waals surface area contributed by atoms with Gasteiger partial charge in [0, 0.05) is 24.8 Å². The summed E-state index contributed by atoms with van der Waals surface area (Å²) >= 11 is 0. The van der Waals surface area contributed by atoms with Crippen molar-refractivity contribution in [3.63, 3.8) is 0 Å². The number of aliphatic hydroxyl groups excluding tert-OH is 1. The second-order valence-corrected chi connectivity index (χ2v) is 9.02. The van der Waals surface area contributed by atoms with Gasteiger partial charge in [-0.25, -0.2) is 8.42 Å². The van der Waals surface area contributed by atoms with Crippen molar-refractivity contribution in [1.29, 1.82) is 0 Å². The minimum atomic E-state index is -3.12. The van der Waals surface area contributed by atoms with Gasteiger partial charge in [0.25, 0.3) is 0 Å². The van der Waals surface area contributed by atoms with E-state index in [-0.39, 0.29) is 11.5 Å². The molecule has 1 spiro atoms. The quantitative estimate of drug-likeness (QED) is 0.926. The number of hydrogen-bond acceptors (Lipinski definition) is 4. The van der Waals surface area contributed by atoms with Crippen molar-refractivity contribution in [2.45, 2.75) is 49.6 Å². The van der Waals surface area contributed by atoms with Crippen molar-refractivity contribution in [2.75, 3.05) is 19.3 Å². The molecule has 1 aromatic rings. The molecule has 0 aromatic heterocycles. The molecule has 22 heavy (non-hydrogen) atoms. The van der Waals surface area contributed by atoms with E-state index in [2.05, 4.69) is 4.90 Å². The SMILES string of the molecule is CS(=O)(=O)c1ccc(CN2CCC[C@@]3(CCC[C@H]3O)C2)cc1. The molecule has 2 fully saturated rings. The lowest BCUT2D eigenvalue weighted by molar-refractivity contribution is -0.0120. The van der Waals surface area contributed by atoms with E-state index in [9.17, 15) is 13.5 Å². The Morgan fingerprint density at radius 2 is 1.91 bits per heavy atom. The average molecular weight is 323 g/mol. The van der Waals surface area contributed by atoms with E-state index in [1.165, 1.54) is 6.26 Å². The maximum atomic E-state index is 11.5. The second kappa shape index (κ2) is 5.95. The first kappa shape index (κ1) is 16.0. The van der Waals surface area contributed by atoms with Crippen LogP contribution in [0.5, 0.6) is 0 Å². The highest BCUT2D eigenvalue weighted by atomic mass is 32.2. The van der Waals surface area contributed by atoms with Gasteiger partial charge in [-0.1, -0.05) is 18.6 Å². The van der Waals surface area contributed by atoms with Gasteiger partial charge < -0.3 is 5.11 Å². The molecule has 1 aliphatic heterocycles. The maximum absolute atomic E-state index is 11.5. The second-order valence-electron chi connectivity index (χ2n) is 7.00. The Balaban J connectivity index is 1.68. The van der Waals surface area contributed by atoms with E-state index in [4.69, 9.17) is 0 Å². The van der Waals surface area contributed by atoms with E-state index < -0.39 is 9.84 Å². The average Bonchev–Trinajstić information content (AvgIpc) is 2.79. The molecule has 1 N–H and O–H groups in total. The molecule has 1 aromatic carbocycles. The summed E-state index contributed by atoms with van der Waals surface area (Å²) in [5.74, 6) is 0. The van der Waals surface area contributed by atoms with Gasteiger partial charge in [-0.3, -0.25) is 4.90 Å². The summed E-state index contributed by atoms with van der Waals surface area (Å²) in [5.41, 5.74) is 1.24. The predicted octanol–water partition coefficient (Wildman–Crippen LogP) is 2.22. The van der Waals surface area contributed by atoms with E-state index in [1.54, 1.807) is 12.1 Å². The Labute approximate surface area is 133 Å². The Morgan fingerprint density at radius 1 is 1.23 bits per heavy atom. The molecule has 0 bridgehead atoms. The lowest BCUT2D eigenvalue weighted by Crippen LogP contribution is -2.46. The van der Waals surface area contributed by atoms with Gasteiger partial charge in [0.05, 0.1) is 11.0 Å². The predicted molar refractivity (Wildman–Crippen MR) is 86.4 cm³/mol. The van der Waals surface area contributed by atoms with Gasteiger partial charge in [-0.2, -0.15) is 0 Å². The lowest BCUT2D eigenvalue weighted by atomic mass is 9.76. The zero-order chi connectivity index (χ0) is 15.8. The van der Waals surface area contributed by atoms with Gasteiger partial charge >= 0.3 is 0 Å². The van der Waals surface area contributed by atoms with Crippen LogP contribution in [0.3, 0.4) is 0 Å². The third-order valence-electron chi connectivity index (χ3n) is 5.30. The molecule has 0 unspecified atom stereocenters. The van der Waals surface area contributed by atoms with Crippen molar-refractivity contribution in [3.8, 4) is 0 Å². The first-order valence-corrected chi connectivity index (χ1v) is 9.98. The van der Waals surface area contributed by atoms with E-state index in [0.717, 1.165) is 57.3 Å². The number of likely N-dealkylation sites (tertiary alicyclic amines) is 1. The van der Waals surface area contributed by atoms with Crippen LogP contribution in [0, 0.1) is 5.41 Å². The number of rotatable bonds is 3. The molecule has 0 amide bonds. The summed E-state index contributed by atoms with van der Waals surface area (Å²) in [6.07, 6.45) is 6.57. The van der Waals surface area contributed by atoms with E-state index in [1.807, 2.05) is 12.1 Å². The molecular weight excluding hydrogens is 298 g/mol. The van der Waals surface area contributed by atoms with E-state index >= 15 is 0 Å². The van der Waals surface area contributed by atoms with Crippen molar-refractivity contribution in [1.82, 2.24) is 4.90 Å².